The van der Waals surface area contributed by atoms with Crippen molar-refractivity contribution in [1.29, 1.82) is 0 Å². The van der Waals surface area contributed by atoms with Crippen LogP contribution in [-0.2, 0) is 16.0 Å². The van der Waals surface area contributed by atoms with Crippen LogP contribution in [0, 0.1) is 0 Å². The van der Waals surface area contributed by atoms with Gasteiger partial charge in [-0.2, -0.15) is 0 Å². The van der Waals surface area contributed by atoms with E-state index in [0.717, 1.165) is 5.56 Å². The summed E-state index contributed by atoms with van der Waals surface area (Å²) in [5.74, 6) is -0.138. The zero-order valence-electron chi connectivity index (χ0n) is 13.7. The lowest BCUT2D eigenvalue weighted by Gasteiger charge is -2.15. The number of carbonyl (C=O) groups excluding carboxylic acids is 3. The monoisotopic (exact) mass is 345 g/mol. The van der Waals surface area contributed by atoms with Gasteiger partial charge in [0.1, 0.15) is 11.8 Å². The first-order valence-corrected chi connectivity index (χ1v) is 7.84. The highest BCUT2D eigenvalue weighted by molar-refractivity contribution is 6.64. The molecule has 0 spiro atoms. The molecule has 0 bridgehead atoms. The van der Waals surface area contributed by atoms with Gasteiger partial charge < -0.3 is 10.1 Å². The van der Waals surface area contributed by atoms with Crippen molar-refractivity contribution >= 4 is 28.5 Å². The standard InChI is InChI=1S/C16H14ClNO2.C3H6O/c17-15(19)14(11-12-7-3-1-4-8-12)18-16(20)13-9-5-2-6-10-13;1-3(2)4/h1-10,14H,11H2,(H,18,20);1-2H3. The number of ketones is 1. The molecule has 0 fully saturated rings. The molecule has 0 aliphatic rings. The molecular weight excluding hydrogens is 326 g/mol. The molecule has 1 unspecified atom stereocenters. The van der Waals surface area contributed by atoms with Crippen molar-refractivity contribution in [3.05, 3.63) is 71.8 Å². The van der Waals surface area contributed by atoms with Gasteiger partial charge in [0, 0.05) is 12.0 Å². The summed E-state index contributed by atoms with van der Waals surface area (Å²) in [6, 6.07) is 17.4. The second kappa shape index (κ2) is 10.3. The van der Waals surface area contributed by atoms with Gasteiger partial charge in [0.2, 0.25) is 5.24 Å². The lowest BCUT2D eigenvalue weighted by atomic mass is 10.1. The largest absolute Gasteiger partial charge is 0.341 e. The molecule has 2 rings (SSSR count). The summed E-state index contributed by atoms with van der Waals surface area (Å²) in [7, 11) is 0. The van der Waals surface area contributed by atoms with Gasteiger partial charge in [0.15, 0.2) is 0 Å². The topological polar surface area (TPSA) is 63.2 Å². The molecule has 1 amide bonds. The molecule has 0 heterocycles. The summed E-state index contributed by atoms with van der Waals surface area (Å²) in [6.45, 7) is 3.06. The number of benzene rings is 2. The number of nitrogens with one attached hydrogen (secondary N) is 1. The van der Waals surface area contributed by atoms with Crippen molar-refractivity contribution in [2.45, 2.75) is 26.3 Å². The van der Waals surface area contributed by atoms with Crippen LogP contribution < -0.4 is 5.32 Å². The van der Waals surface area contributed by atoms with Gasteiger partial charge in [-0.25, -0.2) is 0 Å². The Morgan fingerprint density at radius 3 is 1.83 bits per heavy atom. The van der Waals surface area contributed by atoms with Gasteiger partial charge >= 0.3 is 0 Å². The van der Waals surface area contributed by atoms with E-state index < -0.39 is 11.3 Å². The van der Waals surface area contributed by atoms with Crippen molar-refractivity contribution in [2.24, 2.45) is 0 Å². The minimum atomic E-state index is -0.730. The van der Waals surface area contributed by atoms with Crippen LogP contribution >= 0.6 is 11.6 Å². The molecule has 0 saturated carbocycles. The Kier molecular flexibility index (Phi) is 8.44. The normalized spacial score (nSPS) is 10.8. The van der Waals surface area contributed by atoms with E-state index in [0.29, 0.717) is 12.0 Å². The average Bonchev–Trinajstić information content (AvgIpc) is 2.55. The molecule has 24 heavy (non-hydrogen) atoms. The summed E-state index contributed by atoms with van der Waals surface area (Å²) in [4.78, 5) is 32.9. The van der Waals surface area contributed by atoms with Crippen LogP contribution in [0.2, 0.25) is 0 Å². The summed E-state index contributed by atoms with van der Waals surface area (Å²) >= 11 is 5.57. The van der Waals surface area contributed by atoms with Crippen LogP contribution in [0.5, 0.6) is 0 Å². The number of rotatable bonds is 5. The molecule has 0 aromatic heterocycles. The van der Waals surface area contributed by atoms with Gasteiger partial charge in [-0.05, 0) is 43.1 Å². The third kappa shape index (κ3) is 7.70. The fourth-order valence-corrected chi connectivity index (χ4v) is 2.00. The van der Waals surface area contributed by atoms with E-state index in [1.165, 1.54) is 13.8 Å². The number of Topliss-reactive ketones (excluding diaryl/α,β-unsaturated/α-hetero) is 1. The highest BCUT2D eigenvalue weighted by Crippen LogP contribution is 2.07. The number of hydrogen-bond acceptors (Lipinski definition) is 3. The van der Waals surface area contributed by atoms with E-state index in [1.54, 1.807) is 24.3 Å². The Morgan fingerprint density at radius 1 is 0.917 bits per heavy atom. The third-order valence-electron chi connectivity index (χ3n) is 2.90. The van der Waals surface area contributed by atoms with Crippen LogP contribution in [0.4, 0.5) is 0 Å². The molecule has 4 nitrogen and oxygen atoms in total. The fraction of sp³-hybridized carbons (Fsp3) is 0.211. The zero-order valence-corrected chi connectivity index (χ0v) is 14.4. The summed E-state index contributed by atoms with van der Waals surface area (Å²) in [5, 5.41) is 2.09. The molecule has 1 N–H and O–H groups in total. The smallest absolute Gasteiger partial charge is 0.251 e. The first-order valence-electron chi connectivity index (χ1n) is 7.46. The number of carbonyl (C=O) groups is 3. The first kappa shape index (κ1) is 19.6. The maximum Gasteiger partial charge on any atom is 0.251 e. The van der Waals surface area contributed by atoms with Crippen molar-refractivity contribution in [3.63, 3.8) is 0 Å². The van der Waals surface area contributed by atoms with E-state index in [9.17, 15) is 14.4 Å². The van der Waals surface area contributed by atoms with Gasteiger partial charge in [-0.1, -0.05) is 48.5 Å². The fourth-order valence-electron chi connectivity index (χ4n) is 1.87. The molecule has 0 aliphatic carbocycles. The predicted octanol–water partition coefficient (Wildman–Crippen LogP) is 3.39. The molecule has 1 atom stereocenters. The minimum absolute atomic E-state index is 0.167. The van der Waals surface area contributed by atoms with Gasteiger partial charge in [-0.3, -0.25) is 9.59 Å². The Labute approximate surface area is 146 Å². The van der Waals surface area contributed by atoms with E-state index in [-0.39, 0.29) is 11.7 Å². The minimum Gasteiger partial charge on any atom is -0.341 e. The van der Waals surface area contributed by atoms with E-state index in [1.807, 2.05) is 36.4 Å². The molecule has 2 aromatic rings. The summed E-state index contributed by atoms with van der Waals surface area (Å²) in [5.41, 5.74) is 1.45. The highest BCUT2D eigenvalue weighted by Gasteiger charge is 2.19. The van der Waals surface area contributed by atoms with Crippen molar-refractivity contribution < 1.29 is 14.4 Å². The molecule has 5 heteroatoms. The van der Waals surface area contributed by atoms with E-state index >= 15 is 0 Å². The van der Waals surface area contributed by atoms with Gasteiger partial charge in [-0.15, -0.1) is 0 Å². The van der Waals surface area contributed by atoms with Crippen LogP contribution in [-0.4, -0.2) is 23.0 Å². The molecular formula is C19H20ClNO3. The van der Waals surface area contributed by atoms with Crippen LogP contribution in [0.1, 0.15) is 29.8 Å². The second-order valence-corrected chi connectivity index (χ2v) is 5.67. The van der Waals surface area contributed by atoms with Crippen LogP contribution in [0.25, 0.3) is 0 Å². The predicted molar refractivity (Wildman–Crippen MR) is 95.1 cm³/mol. The van der Waals surface area contributed by atoms with Gasteiger partial charge in [0.25, 0.3) is 5.91 Å². The van der Waals surface area contributed by atoms with Crippen molar-refractivity contribution in [1.82, 2.24) is 5.32 Å². The summed E-state index contributed by atoms with van der Waals surface area (Å²) < 4.78 is 0. The summed E-state index contributed by atoms with van der Waals surface area (Å²) in [6.07, 6.45) is 0.377. The van der Waals surface area contributed by atoms with Crippen LogP contribution in [0.3, 0.4) is 0 Å². The lowest BCUT2D eigenvalue weighted by Crippen LogP contribution is -2.40. The molecule has 0 radical (unpaired) electrons. The number of halogens is 1. The SMILES string of the molecule is CC(C)=O.O=C(NC(Cc1ccccc1)C(=O)Cl)c1ccccc1. The van der Waals surface area contributed by atoms with Crippen molar-refractivity contribution in [2.75, 3.05) is 0 Å². The van der Waals surface area contributed by atoms with Crippen LogP contribution in [0.15, 0.2) is 60.7 Å². The molecule has 0 aliphatic heterocycles. The lowest BCUT2D eigenvalue weighted by molar-refractivity contribution is -0.115. The maximum atomic E-state index is 12.0. The average molecular weight is 346 g/mol. The van der Waals surface area contributed by atoms with Gasteiger partial charge in [0.05, 0.1) is 0 Å². The Hall–Kier alpha value is -2.46. The third-order valence-corrected chi connectivity index (χ3v) is 3.16. The number of amides is 1. The van der Waals surface area contributed by atoms with Crippen molar-refractivity contribution in [3.8, 4) is 0 Å². The first-order chi connectivity index (χ1) is 11.4. The molecule has 126 valence electrons. The number of hydrogen-bond donors (Lipinski definition) is 1. The quantitative estimate of drug-likeness (QED) is 0.845. The van der Waals surface area contributed by atoms with E-state index in [2.05, 4.69) is 5.32 Å². The zero-order chi connectivity index (χ0) is 17.9. The Balaban J connectivity index is 0.000000648. The Morgan fingerprint density at radius 2 is 1.38 bits per heavy atom. The Bertz CT molecular complexity index is 668. The van der Waals surface area contributed by atoms with E-state index in [4.69, 9.17) is 11.6 Å². The molecule has 0 saturated heterocycles. The molecule has 2 aromatic carbocycles. The second-order valence-electron chi connectivity index (χ2n) is 5.29. The highest BCUT2D eigenvalue weighted by atomic mass is 35.5. The maximum absolute atomic E-state index is 12.0.